The van der Waals surface area contributed by atoms with Gasteiger partial charge in [0.2, 0.25) is 10.4 Å². The Bertz CT molecular complexity index is 534. The zero-order valence-corrected chi connectivity index (χ0v) is 23.9. The van der Waals surface area contributed by atoms with Crippen LogP contribution in [0.15, 0.2) is 0 Å². The maximum absolute atomic E-state index is 11.7. The summed E-state index contributed by atoms with van der Waals surface area (Å²) in [5.74, 6) is -0.165. The molecule has 0 saturated heterocycles. The van der Waals surface area contributed by atoms with Gasteiger partial charge in [0.25, 0.3) is 0 Å². The minimum absolute atomic E-state index is 0. The van der Waals surface area contributed by atoms with Crippen LogP contribution in [0.3, 0.4) is 0 Å². The normalized spacial score (nSPS) is 11.4. The van der Waals surface area contributed by atoms with Gasteiger partial charge in [-0.3, -0.25) is 8.98 Å². The van der Waals surface area contributed by atoms with E-state index in [0.29, 0.717) is 46.1 Å². The van der Waals surface area contributed by atoms with Crippen LogP contribution in [-0.2, 0) is 43.1 Å². The predicted molar refractivity (Wildman–Crippen MR) is 122 cm³/mol. The number of carbonyl (C=O) groups excluding carboxylic acids is 1. The molecule has 0 saturated carbocycles. The van der Waals surface area contributed by atoms with Crippen LogP contribution < -0.4 is 29.6 Å². The van der Waals surface area contributed by atoms with E-state index < -0.39 is 10.4 Å². The van der Waals surface area contributed by atoms with Crippen molar-refractivity contribution in [2.75, 3.05) is 66.1 Å². The average molecular weight is 523 g/mol. The molecule has 0 aromatic heterocycles. The van der Waals surface area contributed by atoms with E-state index in [1.165, 1.54) is 44.9 Å². The molecule has 198 valence electrons. The van der Waals surface area contributed by atoms with Crippen molar-refractivity contribution in [3.8, 4) is 0 Å². The van der Waals surface area contributed by atoms with Gasteiger partial charge >= 0.3 is 35.5 Å². The largest absolute Gasteiger partial charge is 1.00 e. The van der Waals surface area contributed by atoms with Gasteiger partial charge in [-0.2, -0.15) is 0 Å². The first-order valence-electron chi connectivity index (χ1n) is 12.0. The molecule has 0 aliphatic carbocycles. The fourth-order valence-corrected chi connectivity index (χ4v) is 3.10. The first-order valence-corrected chi connectivity index (χ1v) is 13.4. The van der Waals surface area contributed by atoms with Crippen LogP contribution in [-0.4, -0.2) is 85.0 Å². The van der Waals surface area contributed by atoms with E-state index in [9.17, 15) is 17.8 Å². The van der Waals surface area contributed by atoms with E-state index in [2.05, 4.69) is 11.1 Å². The minimum Gasteiger partial charge on any atom is -0.726 e. The van der Waals surface area contributed by atoms with Gasteiger partial charge in [0.1, 0.15) is 6.61 Å². The van der Waals surface area contributed by atoms with Gasteiger partial charge in [0.05, 0.1) is 59.5 Å². The molecule has 0 atom stereocenters. The van der Waals surface area contributed by atoms with E-state index in [4.69, 9.17) is 23.7 Å². The Morgan fingerprint density at radius 3 is 1.44 bits per heavy atom. The van der Waals surface area contributed by atoms with Gasteiger partial charge in [-0.1, -0.05) is 58.3 Å². The molecule has 0 radical (unpaired) electrons. The number of rotatable bonds is 26. The number of hydrogen-bond donors (Lipinski definition) is 0. The van der Waals surface area contributed by atoms with Crippen molar-refractivity contribution in [2.24, 2.45) is 0 Å². The van der Waals surface area contributed by atoms with Gasteiger partial charge in [-0.05, 0) is 6.42 Å². The van der Waals surface area contributed by atoms with Gasteiger partial charge in [0, 0.05) is 6.42 Å². The number of ether oxygens (including phenoxy) is 5. The topological polar surface area (TPSA) is 130 Å². The van der Waals surface area contributed by atoms with Gasteiger partial charge in [-0.25, -0.2) is 8.42 Å². The summed E-state index contributed by atoms with van der Waals surface area (Å²) in [4.78, 5) is 11.7. The van der Waals surface area contributed by atoms with E-state index >= 15 is 0 Å². The molecule has 0 aliphatic heterocycles. The van der Waals surface area contributed by atoms with Crippen LogP contribution in [0.4, 0.5) is 0 Å². The van der Waals surface area contributed by atoms with Gasteiger partial charge in [-0.15, -0.1) is 0 Å². The van der Waals surface area contributed by atoms with Crippen molar-refractivity contribution >= 4 is 16.4 Å². The summed E-state index contributed by atoms with van der Waals surface area (Å²) in [5.41, 5.74) is 0. The molecule has 10 nitrogen and oxygen atoms in total. The van der Waals surface area contributed by atoms with E-state index in [-0.39, 0.29) is 62.0 Å². The van der Waals surface area contributed by atoms with E-state index in [0.717, 1.165) is 12.8 Å². The summed E-state index contributed by atoms with van der Waals surface area (Å²) in [5, 5.41) is 0. The molecule has 0 rings (SSSR count). The molecule has 12 heteroatoms. The second-order valence-electron chi connectivity index (χ2n) is 7.48. The van der Waals surface area contributed by atoms with Crippen LogP contribution >= 0.6 is 0 Å². The van der Waals surface area contributed by atoms with Gasteiger partial charge in [0.15, 0.2) is 0 Å². The van der Waals surface area contributed by atoms with E-state index in [1.807, 2.05) is 0 Å². The molecule has 0 aliphatic rings. The first kappa shape index (κ1) is 36.3. The molecule has 0 fully saturated rings. The standard InChI is InChI=1S/C22H44O10S.Na/c1-2-3-4-5-6-7-8-9-10-11-22(23)31-20-18-29-16-14-27-12-13-28-15-17-30-19-21-32-33(24,25)26;/h2-21H2,1H3,(H,24,25,26);/q;+1/p-1. The van der Waals surface area contributed by atoms with E-state index in [1.54, 1.807) is 0 Å². The number of unbranched alkanes of at least 4 members (excludes halogenated alkanes) is 8. The van der Waals surface area contributed by atoms with Crippen molar-refractivity contribution in [1.29, 1.82) is 0 Å². The fraction of sp³-hybridized carbons (Fsp3) is 0.955. The fourth-order valence-electron chi connectivity index (χ4n) is 2.82. The second-order valence-corrected chi connectivity index (χ2v) is 8.53. The summed E-state index contributed by atoms with van der Waals surface area (Å²) < 4.78 is 60.6. The molecule has 0 amide bonds. The Kier molecular flexibility index (Phi) is 29.7. The average Bonchev–Trinajstić information content (AvgIpc) is 2.77. The molecular formula is C22H43NaO10S. The van der Waals surface area contributed by atoms with Crippen LogP contribution in [0.1, 0.15) is 71.1 Å². The molecule has 0 aromatic rings. The second kappa shape index (κ2) is 27.8. The number of hydrogen-bond acceptors (Lipinski definition) is 10. The van der Waals surface area contributed by atoms with Crippen molar-refractivity contribution in [2.45, 2.75) is 71.1 Å². The maximum Gasteiger partial charge on any atom is 1.00 e. The van der Waals surface area contributed by atoms with Crippen molar-refractivity contribution in [1.82, 2.24) is 0 Å². The predicted octanol–water partition coefficient (Wildman–Crippen LogP) is -0.00230. The summed E-state index contributed by atoms with van der Waals surface area (Å²) in [6, 6.07) is 0. The van der Waals surface area contributed by atoms with Crippen molar-refractivity contribution in [3.63, 3.8) is 0 Å². The Labute approximate surface area is 227 Å². The summed E-state index contributed by atoms with van der Waals surface area (Å²) in [7, 11) is -4.67. The smallest absolute Gasteiger partial charge is 0.726 e. The molecule has 0 bridgehead atoms. The van der Waals surface area contributed by atoms with Gasteiger partial charge < -0.3 is 28.2 Å². The molecule has 34 heavy (non-hydrogen) atoms. The molecule has 0 aromatic carbocycles. The summed E-state index contributed by atoms with van der Waals surface area (Å²) in [6.45, 7) is 4.66. The van der Waals surface area contributed by atoms with Crippen molar-refractivity contribution < 1.29 is 75.2 Å². The third kappa shape index (κ3) is 32.2. The molecule has 0 N–H and O–H groups in total. The Hall–Kier alpha value is 0.180. The first-order chi connectivity index (χ1) is 16.0. The number of carbonyl (C=O) groups is 1. The van der Waals surface area contributed by atoms with Crippen LogP contribution in [0.2, 0.25) is 0 Å². The Morgan fingerprint density at radius 1 is 0.618 bits per heavy atom. The van der Waals surface area contributed by atoms with Crippen LogP contribution in [0.5, 0.6) is 0 Å². The molecule has 0 spiro atoms. The minimum atomic E-state index is -4.67. The Morgan fingerprint density at radius 2 is 1.00 bits per heavy atom. The SMILES string of the molecule is CCCCCCCCCCCC(=O)OCCOCCOCCOCCOCCOS(=O)(=O)[O-].[Na+]. The van der Waals surface area contributed by atoms with Crippen LogP contribution in [0, 0.1) is 0 Å². The third-order valence-corrected chi connectivity index (χ3v) is 5.00. The monoisotopic (exact) mass is 522 g/mol. The summed E-state index contributed by atoms with van der Waals surface area (Å²) >= 11 is 0. The molecule has 0 unspecified atom stereocenters. The molecular weight excluding hydrogens is 479 g/mol. The Balaban J connectivity index is 0. The van der Waals surface area contributed by atoms with Crippen molar-refractivity contribution in [3.05, 3.63) is 0 Å². The zero-order valence-electron chi connectivity index (χ0n) is 21.1. The third-order valence-electron chi connectivity index (χ3n) is 4.55. The number of esters is 1. The van der Waals surface area contributed by atoms with Crippen LogP contribution in [0.25, 0.3) is 0 Å². The zero-order chi connectivity index (χ0) is 24.5. The maximum atomic E-state index is 11.7. The molecule has 0 heterocycles. The summed E-state index contributed by atoms with van der Waals surface area (Å²) in [6.07, 6.45) is 11.5. The quantitative estimate of drug-likeness (QED) is 0.0503.